The minimum Gasteiger partial charge on any atom is -0.322 e. The standard InChI is InChI=1S/C18H20N4O/c1-4-13-6-7-15(10-14(13)5-2)21-18(23)16-11-19-22-9-8-12(3)20-17(16)22/h6-11H,4-5H2,1-3H3,(H,21,23). The lowest BCUT2D eigenvalue weighted by Gasteiger charge is -2.10. The Balaban J connectivity index is 1.90. The van der Waals surface area contributed by atoms with Crippen LogP contribution in [0, 0.1) is 6.92 Å². The fraction of sp³-hybridized carbons (Fsp3) is 0.278. The number of carbonyl (C=O) groups is 1. The lowest BCUT2D eigenvalue weighted by molar-refractivity contribution is 0.102. The molecule has 0 saturated heterocycles. The van der Waals surface area contributed by atoms with Crippen molar-refractivity contribution in [2.45, 2.75) is 33.6 Å². The number of amides is 1. The van der Waals surface area contributed by atoms with Gasteiger partial charge in [-0.25, -0.2) is 9.50 Å². The first-order valence-corrected chi connectivity index (χ1v) is 7.86. The van der Waals surface area contributed by atoms with Crippen LogP contribution in [0.2, 0.25) is 0 Å². The van der Waals surface area contributed by atoms with Gasteiger partial charge in [-0.05, 0) is 49.1 Å². The molecule has 0 unspecified atom stereocenters. The second-order valence-corrected chi connectivity index (χ2v) is 5.54. The maximum absolute atomic E-state index is 12.6. The molecule has 0 aliphatic heterocycles. The molecule has 0 atom stereocenters. The van der Waals surface area contributed by atoms with Gasteiger partial charge in [-0.1, -0.05) is 19.9 Å². The Labute approximate surface area is 135 Å². The van der Waals surface area contributed by atoms with Crippen LogP contribution in [-0.2, 0) is 12.8 Å². The summed E-state index contributed by atoms with van der Waals surface area (Å²) in [6.07, 6.45) is 5.30. The van der Waals surface area contributed by atoms with Gasteiger partial charge in [0.05, 0.1) is 6.20 Å². The van der Waals surface area contributed by atoms with E-state index < -0.39 is 0 Å². The largest absolute Gasteiger partial charge is 0.322 e. The predicted octanol–water partition coefficient (Wildman–Crippen LogP) is 3.41. The summed E-state index contributed by atoms with van der Waals surface area (Å²) in [5.41, 5.74) is 5.29. The summed E-state index contributed by atoms with van der Waals surface area (Å²) in [5, 5.41) is 7.13. The van der Waals surface area contributed by atoms with E-state index >= 15 is 0 Å². The van der Waals surface area contributed by atoms with Crippen LogP contribution in [-0.4, -0.2) is 20.5 Å². The van der Waals surface area contributed by atoms with E-state index in [1.54, 1.807) is 16.9 Å². The molecule has 1 aromatic carbocycles. The molecule has 2 aromatic heterocycles. The summed E-state index contributed by atoms with van der Waals surface area (Å²) < 4.78 is 1.61. The number of fused-ring (bicyclic) bond motifs is 1. The van der Waals surface area contributed by atoms with Crippen molar-refractivity contribution < 1.29 is 4.79 Å². The van der Waals surface area contributed by atoms with Crippen LogP contribution < -0.4 is 5.32 Å². The molecule has 2 heterocycles. The van der Waals surface area contributed by atoms with Gasteiger partial charge < -0.3 is 5.32 Å². The summed E-state index contributed by atoms with van der Waals surface area (Å²) in [4.78, 5) is 16.9. The van der Waals surface area contributed by atoms with Gasteiger partial charge in [-0.2, -0.15) is 5.10 Å². The molecular weight excluding hydrogens is 288 g/mol. The number of rotatable bonds is 4. The Morgan fingerprint density at radius 1 is 1.17 bits per heavy atom. The van der Waals surface area contributed by atoms with Crippen molar-refractivity contribution in [3.05, 3.63) is 59.0 Å². The Hall–Kier alpha value is -2.69. The van der Waals surface area contributed by atoms with E-state index in [9.17, 15) is 4.79 Å². The molecule has 118 valence electrons. The van der Waals surface area contributed by atoms with Crippen molar-refractivity contribution in [1.82, 2.24) is 14.6 Å². The zero-order valence-corrected chi connectivity index (χ0v) is 13.6. The van der Waals surface area contributed by atoms with Gasteiger partial charge >= 0.3 is 0 Å². The number of hydrogen-bond acceptors (Lipinski definition) is 3. The van der Waals surface area contributed by atoms with Crippen molar-refractivity contribution in [2.75, 3.05) is 5.32 Å². The van der Waals surface area contributed by atoms with Crippen LogP contribution >= 0.6 is 0 Å². The van der Waals surface area contributed by atoms with Crippen LogP contribution in [0.5, 0.6) is 0 Å². The molecule has 0 saturated carbocycles. The van der Waals surface area contributed by atoms with Gasteiger partial charge in [0, 0.05) is 17.6 Å². The topological polar surface area (TPSA) is 59.3 Å². The van der Waals surface area contributed by atoms with Crippen molar-refractivity contribution >= 4 is 17.2 Å². The van der Waals surface area contributed by atoms with Crippen molar-refractivity contribution in [3.63, 3.8) is 0 Å². The molecular formula is C18H20N4O. The van der Waals surface area contributed by atoms with Crippen LogP contribution in [0.4, 0.5) is 5.69 Å². The van der Waals surface area contributed by atoms with Crippen LogP contribution in [0.15, 0.2) is 36.7 Å². The number of anilines is 1. The highest BCUT2D eigenvalue weighted by Gasteiger charge is 2.14. The molecule has 5 nitrogen and oxygen atoms in total. The van der Waals surface area contributed by atoms with Gasteiger partial charge in [-0.15, -0.1) is 0 Å². The van der Waals surface area contributed by atoms with E-state index in [2.05, 4.69) is 35.3 Å². The maximum Gasteiger partial charge on any atom is 0.261 e. The number of aryl methyl sites for hydroxylation is 3. The Morgan fingerprint density at radius 2 is 1.96 bits per heavy atom. The zero-order chi connectivity index (χ0) is 16.4. The van der Waals surface area contributed by atoms with Gasteiger partial charge in [0.1, 0.15) is 5.56 Å². The van der Waals surface area contributed by atoms with E-state index in [1.165, 1.54) is 11.1 Å². The Bertz CT molecular complexity index is 867. The monoisotopic (exact) mass is 308 g/mol. The first-order valence-electron chi connectivity index (χ1n) is 7.86. The molecule has 23 heavy (non-hydrogen) atoms. The van der Waals surface area contributed by atoms with Crippen LogP contribution in [0.1, 0.15) is 41.0 Å². The highest BCUT2D eigenvalue weighted by atomic mass is 16.1. The quantitative estimate of drug-likeness (QED) is 0.803. The second kappa shape index (κ2) is 6.20. The van der Waals surface area contributed by atoms with Crippen molar-refractivity contribution in [1.29, 1.82) is 0 Å². The summed E-state index contributed by atoms with van der Waals surface area (Å²) in [6, 6.07) is 7.92. The molecule has 0 aliphatic carbocycles. The number of aromatic nitrogens is 3. The molecule has 0 aliphatic rings. The van der Waals surface area contributed by atoms with E-state index in [0.717, 1.165) is 24.2 Å². The van der Waals surface area contributed by atoms with Gasteiger partial charge in [0.15, 0.2) is 5.65 Å². The molecule has 0 fully saturated rings. The normalized spacial score (nSPS) is 10.9. The molecule has 0 spiro atoms. The third-order valence-electron chi connectivity index (χ3n) is 3.98. The molecule has 3 aromatic rings. The second-order valence-electron chi connectivity index (χ2n) is 5.54. The summed E-state index contributed by atoms with van der Waals surface area (Å²) in [5.74, 6) is -0.190. The molecule has 1 amide bonds. The third kappa shape index (κ3) is 2.95. The molecule has 0 radical (unpaired) electrons. The highest BCUT2D eigenvalue weighted by molar-refractivity contribution is 6.08. The number of nitrogens with zero attached hydrogens (tertiary/aromatic N) is 3. The first-order chi connectivity index (χ1) is 11.1. The van der Waals surface area contributed by atoms with Crippen molar-refractivity contribution in [2.24, 2.45) is 0 Å². The summed E-state index contributed by atoms with van der Waals surface area (Å²) in [7, 11) is 0. The smallest absolute Gasteiger partial charge is 0.261 e. The van der Waals surface area contributed by atoms with E-state index in [-0.39, 0.29) is 5.91 Å². The molecule has 0 bridgehead atoms. The molecule has 1 N–H and O–H groups in total. The minimum atomic E-state index is -0.190. The summed E-state index contributed by atoms with van der Waals surface area (Å²) >= 11 is 0. The maximum atomic E-state index is 12.6. The zero-order valence-electron chi connectivity index (χ0n) is 13.6. The molecule has 3 rings (SSSR count). The van der Waals surface area contributed by atoms with Crippen molar-refractivity contribution in [3.8, 4) is 0 Å². The average Bonchev–Trinajstić information content (AvgIpc) is 2.97. The SMILES string of the molecule is CCc1ccc(NC(=O)c2cnn3ccc(C)nc23)cc1CC. The number of carbonyl (C=O) groups excluding carboxylic acids is 1. The average molecular weight is 308 g/mol. The Morgan fingerprint density at radius 3 is 2.70 bits per heavy atom. The minimum absolute atomic E-state index is 0.190. The highest BCUT2D eigenvalue weighted by Crippen LogP contribution is 2.19. The third-order valence-corrected chi connectivity index (χ3v) is 3.98. The predicted molar refractivity (Wildman–Crippen MR) is 90.9 cm³/mol. The molecule has 5 heteroatoms. The van der Waals surface area contributed by atoms with E-state index in [1.807, 2.05) is 25.1 Å². The number of nitrogens with one attached hydrogen (secondary N) is 1. The first kappa shape index (κ1) is 15.2. The van der Waals surface area contributed by atoms with Crippen LogP contribution in [0.25, 0.3) is 5.65 Å². The van der Waals surface area contributed by atoms with E-state index in [4.69, 9.17) is 0 Å². The summed E-state index contributed by atoms with van der Waals surface area (Å²) in [6.45, 7) is 6.16. The lowest BCUT2D eigenvalue weighted by atomic mass is 10.0. The van der Waals surface area contributed by atoms with Crippen LogP contribution in [0.3, 0.4) is 0 Å². The Kier molecular flexibility index (Phi) is 4.10. The van der Waals surface area contributed by atoms with Gasteiger partial charge in [0.25, 0.3) is 5.91 Å². The lowest BCUT2D eigenvalue weighted by Crippen LogP contribution is -2.12. The van der Waals surface area contributed by atoms with Gasteiger partial charge in [-0.3, -0.25) is 4.79 Å². The number of hydrogen-bond donors (Lipinski definition) is 1. The fourth-order valence-corrected chi connectivity index (χ4v) is 2.70. The van der Waals surface area contributed by atoms with Gasteiger partial charge in [0.2, 0.25) is 0 Å². The fourth-order valence-electron chi connectivity index (χ4n) is 2.70. The van der Waals surface area contributed by atoms with E-state index in [0.29, 0.717) is 11.2 Å². The number of benzene rings is 1.